The maximum absolute atomic E-state index is 11.7. The molecule has 1 aliphatic heterocycles. The van der Waals surface area contributed by atoms with Gasteiger partial charge in [0.15, 0.2) is 0 Å². The molecule has 1 amide bonds. The highest BCUT2D eigenvalue weighted by molar-refractivity contribution is 5.91. The standard InChI is InChI=1S/C10H15N5O4/c16-8(7-9(17)12-10(18)14-13-7)11-1-2-15-3-5-19-6-4-15/h1-6H2,(H,11,16)(H2,12,14,17,18). The van der Waals surface area contributed by atoms with Crippen LogP contribution in [0.2, 0.25) is 0 Å². The second-order valence-electron chi connectivity index (χ2n) is 4.07. The second-order valence-corrected chi connectivity index (χ2v) is 4.07. The Balaban J connectivity index is 1.83. The van der Waals surface area contributed by atoms with Crippen molar-refractivity contribution in [2.75, 3.05) is 39.4 Å². The largest absolute Gasteiger partial charge is 0.379 e. The lowest BCUT2D eigenvalue weighted by molar-refractivity contribution is 0.0383. The van der Waals surface area contributed by atoms with E-state index < -0.39 is 17.2 Å². The van der Waals surface area contributed by atoms with Crippen LogP contribution in [0.5, 0.6) is 0 Å². The highest BCUT2D eigenvalue weighted by atomic mass is 16.5. The third-order valence-electron chi connectivity index (χ3n) is 2.74. The van der Waals surface area contributed by atoms with E-state index in [9.17, 15) is 14.4 Å². The number of ether oxygens (including phenoxy) is 1. The number of hydrogen-bond donors (Lipinski definition) is 3. The third kappa shape index (κ3) is 3.73. The molecule has 0 aliphatic carbocycles. The highest BCUT2D eigenvalue weighted by Gasteiger charge is 2.14. The summed E-state index contributed by atoms with van der Waals surface area (Å²) in [6.45, 7) is 4.11. The van der Waals surface area contributed by atoms with Gasteiger partial charge in [-0.3, -0.25) is 19.5 Å². The van der Waals surface area contributed by atoms with Crippen LogP contribution in [0.1, 0.15) is 10.5 Å². The van der Waals surface area contributed by atoms with E-state index in [0.29, 0.717) is 26.3 Å². The van der Waals surface area contributed by atoms with E-state index >= 15 is 0 Å². The summed E-state index contributed by atoms with van der Waals surface area (Å²) >= 11 is 0. The van der Waals surface area contributed by atoms with Crippen molar-refractivity contribution in [3.05, 3.63) is 26.5 Å². The van der Waals surface area contributed by atoms with Crippen LogP contribution in [0, 0.1) is 0 Å². The molecule has 0 unspecified atom stereocenters. The first-order valence-electron chi connectivity index (χ1n) is 5.94. The van der Waals surface area contributed by atoms with Crippen LogP contribution in [0.4, 0.5) is 0 Å². The van der Waals surface area contributed by atoms with E-state index in [0.717, 1.165) is 13.1 Å². The molecule has 2 rings (SSSR count). The molecule has 9 heteroatoms. The summed E-state index contributed by atoms with van der Waals surface area (Å²) in [5.74, 6) is -0.606. The van der Waals surface area contributed by atoms with Gasteiger partial charge in [0, 0.05) is 26.2 Å². The smallest absolute Gasteiger partial charge is 0.342 e. The van der Waals surface area contributed by atoms with Crippen molar-refractivity contribution in [3.63, 3.8) is 0 Å². The predicted molar refractivity (Wildman–Crippen MR) is 65.1 cm³/mol. The van der Waals surface area contributed by atoms with Crippen molar-refractivity contribution >= 4 is 5.91 Å². The Morgan fingerprint density at radius 1 is 1.37 bits per heavy atom. The van der Waals surface area contributed by atoms with Crippen molar-refractivity contribution < 1.29 is 9.53 Å². The molecular formula is C10H15N5O4. The molecule has 0 radical (unpaired) electrons. The molecule has 0 atom stereocenters. The van der Waals surface area contributed by atoms with Gasteiger partial charge >= 0.3 is 5.69 Å². The minimum atomic E-state index is -0.798. The first-order chi connectivity index (χ1) is 9.16. The van der Waals surface area contributed by atoms with E-state index in [1.165, 1.54) is 0 Å². The SMILES string of the molecule is O=C(NCCN1CCOCC1)c1n[nH]c(=O)[nH]c1=O. The van der Waals surface area contributed by atoms with Crippen LogP contribution >= 0.6 is 0 Å². The van der Waals surface area contributed by atoms with Gasteiger partial charge in [0.1, 0.15) is 0 Å². The summed E-state index contributed by atoms with van der Waals surface area (Å²) in [6, 6.07) is 0. The lowest BCUT2D eigenvalue weighted by atomic mass is 10.4. The Kier molecular flexibility index (Phi) is 4.42. The molecule has 0 aromatic carbocycles. The zero-order valence-electron chi connectivity index (χ0n) is 10.3. The molecule has 1 aromatic heterocycles. The summed E-state index contributed by atoms with van der Waals surface area (Å²) in [5.41, 5.74) is -1.89. The number of hydrogen-bond acceptors (Lipinski definition) is 6. The number of rotatable bonds is 4. The highest BCUT2D eigenvalue weighted by Crippen LogP contribution is 1.94. The molecule has 19 heavy (non-hydrogen) atoms. The van der Waals surface area contributed by atoms with Crippen molar-refractivity contribution in [3.8, 4) is 0 Å². The Hall–Kier alpha value is -2.00. The van der Waals surface area contributed by atoms with E-state index in [4.69, 9.17) is 4.74 Å². The van der Waals surface area contributed by atoms with Gasteiger partial charge in [0.05, 0.1) is 13.2 Å². The first kappa shape index (κ1) is 13.4. The van der Waals surface area contributed by atoms with Crippen LogP contribution in [-0.2, 0) is 4.74 Å². The maximum atomic E-state index is 11.7. The fourth-order valence-electron chi connectivity index (χ4n) is 1.74. The number of aromatic amines is 2. The van der Waals surface area contributed by atoms with E-state index in [1.807, 2.05) is 10.1 Å². The minimum Gasteiger partial charge on any atom is -0.379 e. The van der Waals surface area contributed by atoms with Crippen molar-refractivity contribution in [2.24, 2.45) is 0 Å². The molecule has 1 aromatic rings. The van der Waals surface area contributed by atoms with Gasteiger partial charge in [-0.15, -0.1) is 0 Å². The molecule has 0 bridgehead atoms. The zero-order chi connectivity index (χ0) is 13.7. The third-order valence-corrected chi connectivity index (χ3v) is 2.74. The predicted octanol–water partition coefficient (Wildman–Crippen LogP) is -2.48. The summed E-state index contributed by atoms with van der Waals surface area (Å²) < 4.78 is 5.21. The number of nitrogens with zero attached hydrogens (tertiary/aromatic N) is 2. The van der Waals surface area contributed by atoms with Gasteiger partial charge in [-0.1, -0.05) is 0 Å². The second kappa shape index (κ2) is 6.25. The average molecular weight is 269 g/mol. The first-order valence-corrected chi connectivity index (χ1v) is 5.94. The normalized spacial score (nSPS) is 16.2. The maximum Gasteiger partial charge on any atom is 0.342 e. The van der Waals surface area contributed by atoms with Crippen molar-refractivity contribution in [1.82, 2.24) is 25.4 Å². The van der Waals surface area contributed by atoms with E-state index in [2.05, 4.69) is 15.3 Å². The minimum absolute atomic E-state index is 0.346. The lowest BCUT2D eigenvalue weighted by Gasteiger charge is -2.26. The van der Waals surface area contributed by atoms with Crippen molar-refractivity contribution in [2.45, 2.75) is 0 Å². The van der Waals surface area contributed by atoms with E-state index in [1.54, 1.807) is 0 Å². The number of carbonyl (C=O) groups excluding carboxylic acids is 1. The van der Waals surface area contributed by atoms with Gasteiger partial charge < -0.3 is 10.1 Å². The molecule has 9 nitrogen and oxygen atoms in total. The van der Waals surface area contributed by atoms with Crippen molar-refractivity contribution in [1.29, 1.82) is 0 Å². The molecular weight excluding hydrogens is 254 g/mol. The molecule has 1 fully saturated rings. The number of nitrogens with one attached hydrogen (secondary N) is 3. The molecule has 3 N–H and O–H groups in total. The molecule has 2 heterocycles. The number of amides is 1. The average Bonchev–Trinajstić information content (AvgIpc) is 2.39. The number of aromatic nitrogens is 3. The van der Waals surface area contributed by atoms with Gasteiger partial charge in [-0.25, -0.2) is 9.89 Å². The monoisotopic (exact) mass is 269 g/mol. The molecule has 1 aliphatic rings. The van der Waals surface area contributed by atoms with Gasteiger partial charge in [-0.2, -0.15) is 5.10 Å². The van der Waals surface area contributed by atoms with Gasteiger partial charge in [-0.05, 0) is 0 Å². The van der Waals surface area contributed by atoms with Crippen LogP contribution in [0.3, 0.4) is 0 Å². The van der Waals surface area contributed by atoms with Crippen LogP contribution in [-0.4, -0.2) is 65.4 Å². The Labute approximate surface area is 108 Å². The van der Waals surface area contributed by atoms with Crippen LogP contribution in [0.25, 0.3) is 0 Å². The Morgan fingerprint density at radius 2 is 2.11 bits per heavy atom. The van der Waals surface area contributed by atoms with Crippen LogP contribution < -0.4 is 16.6 Å². The van der Waals surface area contributed by atoms with Gasteiger partial charge in [0.25, 0.3) is 11.5 Å². The summed E-state index contributed by atoms with van der Waals surface area (Å²) in [4.78, 5) is 37.8. The molecule has 0 saturated carbocycles. The lowest BCUT2D eigenvalue weighted by Crippen LogP contribution is -2.42. The number of carbonyl (C=O) groups is 1. The summed E-state index contributed by atoms with van der Waals surface area (Å²) in [6.07, 6.45) is 0. The number of morpholine rings is 1. The Bertz CT molecular complexity index is 545. The topological polar surface area (TPSA) is 120 Å². The summed E-state index contributed by atoms with van der Waals surface area (Å²) in [7, 11) is 0. The quantitative estimate of drug-likeness (QED) is 0.556. The van der Waals surface area contributed by atoms with E-state index in [-0.39, 0.29) is 5.69 Å². The Morgan fingerprint density at radius 3 is 2.79 bits per heavy atom. The van der Waals surface area contributed by atoms with Crippen LogP contribution in [0.15, 0.2) is 9.59 Å². The van der Waals surface area contributed by atoms with Gasteiger partial charge in [0.2, 0.25) is 5.69 Å². The molecule has 1 saturated heterocycles. The summed E-state index contributed by atoms with van der Waals surface area (Å²) in [5, 5.41) is 8.01. The fourth-order valence-corrected chi connectivity index (χ4v) is 1.74. The fraction of sp³-hybridized carbons (Fsp3) is 0.600. The molecule has 0 spiro atoms. The zero-order valence-corrected chi connectivity index (χ0v) is 10.3. The number of H-pyrrole nitrogens is 2. The molecule has 104 valence electrons.